The number of methoxy groups -OCH3 is 1. The molecule has 8 rings (SSSR count). The molecule has 0 radical (unpaired) electrons. The first-order valence-electron chi connectivity index (χ1n) is 21.7. The Hall–Kier alpha value is -5.66. The number of likely N-dealkylation sites (N-methyl/N-ethyl adjacent to an activating group) is 1. The number of imidazole rings is 2. The Bertz CT molecular complexity index is 2300. The normalized spacial score (nSPS) is 18.7. The maximum Gasteiger partial charge on any atom is 0.407 e. The number of rotatable bonds is 15. The summed E-state index contributed by atoms with van der Waals surface area (Å²) in [5.74, 6) is 2.78. The van der Waals surface area contributed by atoms with Gasteiger partial charge in [-0.3, -0.25) is 14.5 Å². The van der Waals surface area contributed by atoms with Crippen molar-refractivity contribution in [1.82, 2.24) is 40.0 Å². The van der Waals surface area contributed by atoms with Gasteiger partial charge in [-0.1, -0.05) is 98.3 Å². The first-order chi connectivity index (χ1) is 29.8. The molecule has 61 heavy (non-hydrogen) atoms. The smallest absolute Gasteiger partial charge is 0.407 e. The van der Waals surface area contributed by atoms with Crippen LogP contribution in [0.3, 0.4) is 0 Å². The zero-order chi connectivity index (χ0) is 42.3. The zero-order valence-corrected chi connectivity index (χ0v) is 36.1. The number of nitrogens with zero attached hydrogens (tertiary/aromatic N) is 5. The van der Waals surface area contributed by atoms with Gasteiger partial charge in [0.1, 0.15) is 17.7 Å². The summed E-state index contributed by atoms with van der Waals surface area (Å²) in [6.07, 6.45) is 8.57. The average molecular weight is 841 g/mol. The van der Waals surface area contributed by atoms with Gasteiger partial charge in [0.25, 0.3) is 0 Å². The molecule has 2 saturated heterocycles. The van der Waals surface area contributed by atoms with Crippen LogP contribution < -0.4 is 5.32 Å². The molecule has 3 aliphatic heterocycles. The highest BCUT2D eigenvalue weighted by Gasteiger charge is 2.38. The molecule has 5 heterocycles. The number of aromatic amines is 2. The summed E-state index contributed by atoms with van der Waals surface area (Å²) in [5.41, 5.74) is 8.34. The average Bonchev–Trinajstić information content (AvgIpc) is 4.16. The number of aromatic nitrogens is 4. The van der Waals surface area contributed by atoms with Crippen molar-refractivity contribution < 1.29 is 19.1 Å². The molecule has 12 nitrogen and oxygen atoms in total. The first-order valence-corrected chi connectivity index (χ1v) is 22.7. The summed E-state index contributed by atoms with van der Waals surface area (Å²) in [4.78, 5) is 62.8. The van der Waals surface area contributed by atoms with E-state index in [0.29, 0.717) is 13.0 Å². The third-order valence-corrected chi connectivity index (χ3v) is 13.4. The molecule has 0 aliphatic carbocycles. The molecular weight excluding hydrogens is 785 g/mol. The van der Waals surface area contributed by atoms with Gasteiger partial charge in [-0.25, -0.2) is 14.8 Å². The first kappa shape index (κ1) is 42.0. The van der Waals surface area contributed by atoms with E-state index in [1.807, 2.05) is 40.4 Å². The Labute approximate surface area is 362 Å². The van der Waals surface area contributed by atoms with Crippen LogP contribution in [0.1, 0.15) is 94.1 Å². The number of carbonyl (C=O) groups excluding carboxylic acids is 3. The number of hydrogen-bond acceptors (Lipinski definition) is 8. The number of thioether (sulfide) groups is 1. The van der Waals surface area contributed by atoms with Crippen molar-refractivity contribution in [1.29, 1.82) is 0 Å². The number of benzene rings is 3. The number of carbonyl (C=O) groups is 3. The SMILES string of the molecule is CCN(CC)[C@@H](C(=O)N1CCC[C@H]1c1ncc(-c2ccc(-c3ccc(-c4cnc([C@@H]5CCCN5C(=O)C[C@@H](CC5=CSCC5)NC(=O)OC)[nH]4)cc3)cc2)[nH]1)c1ccccc1. The summed E-state index contributed by atoms with van der Waals surface area (Å²) in [6.45, 7) is 7.19. The van der Waals surface area contributed by atoms with E-state index >= 15 is 0 Å². The highest BCUT2D eigenvalue weighted by molar-refractivity contribution is 8.02. The van der Waals surface area contributed by atoms with E-state index in [1.54, 1.807) is 11.8 Å². The number of nitrogens with one attached hydrogen (secondary N) is 3. The molecule has 0 saturated carbocycles. The Morgan fingerprint density at radius 2 is 1.36 bits per heavy atom. The predicted octanol–water partition coefficient (Wildman–Crippen LogP) is 9.07. The summed E-state index contributed by atoms with van der Waals surface area (Å²) in [6, 6.07) is 26.1. The van der Waals surface area contributed by atoms with E-state index in [1.165, 1.54) is 12.7 Å². The van der Waals surface area contributed by atoms with Crippen LogP contribution in [0, 0.1) is 0 Å². The summed E-state index contributed by atoms with van der Waals surface area (Å²) >= 11 is 1.77. The van der Waals surface area contributed by atoms with E-state index in [-0.39, 0.29) is 42.4 Å². The molecule has 0 bridgehead atoms. The van der Waals surface area contributed by atoms with Crippen molar-refractivity contribution in [2.45, 2.75) is 83.0 Å². The van der Waals surface area contributed by atoms with E-state index in [4.69, 9.17) is 14.7 Å². The van der Waals surface area contributed by atoms with E-state index in [2.05, 4.69) is 100 Å². The van der Waals surface area contributed by atoms with E-state index < -0.39 is 6.09 Å². The van der Waals surface area contributed by atoms with Crippen LogP contribution in [-0.4, -0.2) is 97.6 Å². The molecule has 3 aromatic carbocycles. The number of alkyl carbamates (subject to hydrolysis) is 1. The molecule has 5 aromatic rings. The highest BCUT2D eigenvalue weighted by Crippen LogP contribution is 2.37. The zero-order valence-electron chi connectivity index (χ0n) is 35.3. The van der Waals surface area contributed by atoms with Gasteiger partial charge in [0.2, 0.25) is 11.8 Å². The number of ether oxygens (including phenoxy) is 1. The lowest BCUT2D eigenvalue weighted by Gasteiger charge is -2.34. The van der Waals surface area contributed by atoms with Gasteiger partial charge in [-0.05, 0) is 84.8 Å². The van der Waals surface area contributed by atoms with Gasteiger partial charge in [-0.2, -0.15) is 0 Å². The van der Waals surface area contributed by atoms with Crippen molar-refractivity contribution in [3.05, 3.63) is 119 Å². The standard InChI is InChI=1S/C48H56N8O4S/c1-4-54(5-2)44(37-11-7-6-8-12-37)47(58)56-25-10-14-42(56)46-50-30-40(53-46)36-21-17-34(18-22-36)33-15-19-35(20-16-33)39-29-49-45(52-39)41-13-9-24-55(41)43(57)28-38(51-48(59)60-3)27-32-23-26-61-31-32/h6-8,11-12,15-22,29-31,38,41-42,44H,4-5,9-10,13-14,23-28H2,1-3H3,(H,49,52)(H,50,53)(H,51,59)/t38-,41+,42+,44-/m1/s1. The van der Waals surface area contributed by atoms with Crippen molar-refractivity contribution in [3.8, 4) is 33.6 Å². The van der Waals surface area contributed by atoms with Crippen LogP contribution in [0.4, 0.5) is 4.79 Å². The fourth-order valence-electron chi connectivity index (χ4n) is 9.17. The molecule has 2 fully saturated rings. The van der Waals surface area contributed by atoms with Crippen LogP contribution in [0.5, 0.6) is 0 Å². The minimum atomic E-state index is -0.519. The van der Waals surface area contributed by atoms with Crippen molar-refractivity contribution in [3.63, 3.8) is 0 Å². The molecule has 0 spiro atoms. The minimum absolute atomic E-state index is 0.00650. The second-order valence-corrected chi connectivity index (χ2v) is 17.1. The molecule has 13 heteroatoms. The topological polar surface area (TPSA) is 140 Å². The molecule has 318 valence electrons. The Morgan fingerprint density at radius 1 is 0.803 bits per heavy atom. The fraction of sp³-hybridized carbons (Fsp3) is 0.396. The number of H-pyrrole nitrogens is 2. The molecule has 3 N–H and O–H groups in total. The lowest BCUT2D eigenvalue weighted by atomic mass is 10.0. The molecule has 0 unspecified atom stereocenters. The lowest BCUT2D eigenvalue weighted by Crippen LogP contribution is -2.43. The summed E-state index contributed by atoms with van der Waals surface area (Å²) < 4.78 is 4.86. The molecular formula is C48H56N8O4S. The van der Waals surface area contributed by atoms with Crippen LogP contribution in [-0.2, 0) is 14.3 Å². The second kappa shape index (κ2) is 19.4. The Balaban J connectivity index is 0.904. The lowest BCUT2D eigenvalue weighted by molar-refractivity contribution is -0.138. The third-order valence-electron chi connectivity index (χ3n) is 12.4. The summed E-state index contributed by atoms with van der Waals surface area (Å²) in [7, 11) is 1.35. The maximum atomic E-state index is 14.2. The molecule has 4 atom stereocenters. The number of likely N-dealkylation sites (tertiary alicyclic amines) is 2. The maximum absolute atomic E-state index is 14.2. The minimum Gasteiger partial charge on any atom is -0.453 e. The molecule has 2 aromatic heterocycles. The Kier molecular flexibility index (Phi) is 13.4. The van der Waals surface area contributed by atoms with Crippen LogP contribution >= 0.6 is 11.8 Å². The van der Waals surface area contributed by atoms with E-state index in [9.17, 15) is 14.4 Å². The number of amides is 3. The third kappa shape index (κ3) is 9.48. The van der Waals surface area contributed by atoms with Gasteiger partial charge in [0.05, 0.1) is 43.0 Å². The second-order valence-electron chi connectivity index (χ2n) is 16.1. The monoisotopic (exact) mass is 840 g/mol. The van der Waals surface area contributed by atoms with Gasteiger partial charge in [0, 0.05) is 31.3 Å². The van der Waals surface area contributed by atoms with Crippen molar-refractivity contribution >= 4 is 29.7 Å². The van der Waals surface area contributed by atoms with Gasteiger partial charge in [-0.15, -0.1) is 11.8 Å². The number of hydrogen-bond donors (Lipinski definition) is 3. The van der Waals surface area contributed by atoms with Gasteiger partial charge < -0.3 is 29.8 Å². The molecule has 3 aliphatic rings. The van der Waals surface area contributed by atoms with Crippen LogP contribution in [0.15, 0.2) is 102 Å². The molecule has 3 amide bonds. The van der Waals surface area contributed by atoms with E-state index in [0.717, 1.165) is 108 Å². The van der Waals surface area contributed by atoms with Crippen LogP contribution in [0.25, 0.3) is 33.6 Å². The largest absolute Gasteiger partial charge is 0.453 e. The Morgan fingerprint density at radius 3 is 1.90 bits per heavy atom. The fourth-order valence-corrected chi connectivity index (χ4v) is 10.1. The highest BCUT2D eigenvalue weighted by atomic mass is 32.2. The van der Waals surface area contributed by atoms with Crippen LogP contribution in [0.2, 0.25) is 0 Å². The van der Waals surface area contributed by atoms with Gasteiger partial charge >= 0.3 is 6.09 Å². The van der Waals surface area contributed by atoms with Crippen molar-refractivity contribution in [2.24, 2.45) is 0 Å². The van der Waals surface area contributed by atoms with Crippen molar-refractivity contribution in [2.75, 3.05) is 39.0 Å². The summed E-state index contributed by atoms with van der Waals surface area (Å²) in [5, 5.41) is 5.03. The van der Waals surface area contributed by atoms with Gasteiger partial charge in [0.15, 0.2) is 0 Å². The predicted molar refractivity (Wildman–Crippen MR) is 240 cm³/mol. The quantitative estimate of drug-likeness (QED) is 0.0950.